The molecular formula is C23H23N3O5. The Hall–Kier alpha value is -3.68. The lowest BCUT2D eigenvalue weighted by Crippen LogP contribution is -2.41. The molecule has 0 radical (unpaired) electrons. The molecule has 2 heterocycles. The zero-order chi connectivity index (χ0) is 21.6. The van der Waals surface area contributed by atoms with Gasteiger partial charge in [0.2, 0.25) is 11.7 Å². The number of benzene rings is 2. The van der Waals surface area contributed by atoms with Crippen LogP contribution in [-0.2, 0) is 9.53 Å². The number of esters is 1. The van der Waals surface area contributed by atoms with Gasteiger partial charge in [-0.15, -0.1) is 0 Å². The van der Waals surface area contributed by atoms with Crippen LogP contribution in [0.2, 0.25) is 0 Å². The van der Waals surface area contributed by atoms with Crippen molar-refractivity contribution in [1.29, 1.82) is 0 Å². The summed E-state index contributed by atoms with van der Waals surface area (Å²) in [6, 6.07) is 15.8. The number of likely N-dealkylation sites (tertiary alicyclic amines) is 1. The largest absolute Gasteiger partial charge is 0.484 e. The third-order valence-corrected chi connectivity index (χ3v) is 5.20. The molecule has 31 heavy (non-hydrogen) atoms. The van der Waals surface area contributed by atoms with Crippen LogP contribution in [0, 0.1) is 0 Å². The van der Waals surface area contributed by atoms with Gasteiger partial charge in [-0.2, -0.15) is 4.98 Å². The van der Waals surface area contributed by atoms with E-state index in [0.29, 0.717) is 35.1 Å². The maximum atomic E-state index is 12.8. The Labute approximate surface area is 179 Å². The Morgan fingerprint density at radius 2 is 1.97 bits per heavy atom. The summed E-state index contributed by atoms with van der Waals surface area (Å²) in [6.45, 7) is 0.555. The Morgan fingerprint density at radius 1 is 1.13 bits per heavy atom. The first-order valence-electron chi connectivity index (χ1n) is 10.2. The van der Waals surface area contributed by atoms with Gasteiger partial charge >= 0.3 is 5.97 Å². The predicted molar refractivity (Wildman–Crippen MR) is 111 cm³/mol. The zero-order valence-electron chi connectivity index (χ0n) is 17.2. The highest BCUT2D eigenvalue weighted by Crippen LogP contribution is 2.31. The number of ether oxygens (including phenoxy) is 2. The van der Waals surface area contributed by atoms with Crippen molar-refractivity contribution in [2.24, 2.45) is 0 Å². The van der Waals surface area contributed by atoms with Gasteiger partial charge in [0.25, 0.3) is 5.91 Å². The fourth-order valence-corrected chi connectivity index (χ4v) is 3.62. The molecule has 0 aliphatic carbocycles. The van der Waals surface area contributed by atoms with Crippen LogP contribution in [0.25, 0.3) is 11.4 Å². The summed E-state index contributed by atoms with van der Waals surface area (Å²) in [5, 5.41) is 4.07. The molecule has 0 spiro atoms. The highest BCUT2D eigenvalue weighted by molar-refractivity contribution is 5.90. The molecule has 8 nitrogen and oxygen atoms in total. The standard InChI is InChI=1S/C23H23N3O5/c1-29-23(28)17-9-7-8-16(14-17)21-24-22(31-25-21)19-12-5-6-13-26(19)20(27)15-30-18-10-3-2-4-11-18/h2-4,7-11,14,19H,5-6,12-13,15H2,1H3/t19-/m0/s1. The van der Waals surface area contributed by atoms with Crippen LogP contribution in [0.1, 0.15) is 41.6 Å². The number of carbonyl (C=O) groups is 2. The van der Waals surface area contributed by atoms with E-state index in [4.69, 9.17) is 14.0 Å². The Balaban J connectivity index is 1.49. The van der Waals surface area contributed by atoms with E-state index < -0.39 is 5.97 Å². The minimum atomic E-state index is -0.437. The van der Waals surface area contributed by atoms with Gasteiger partial charge in [0, 0.05) is 12.1 Å². The van der Waals surface area contributed by atoms with Crippen LogP contribution in [-0.4, -0.2) is 47.2 Å². The van der Waals surface area contributed by atoms with Crippen molar-refractivity contribution in [2.75, 3.05) is 20.3 Å². The van der Waals surface area contributed by atoms with Gasteiger partial charge in [-0.25, -0.2) is 4.79 Å². The predicted octanol–water partition coefficient (Wildman–Crippen LogP) is 3.66. The van der Waals surface area contributed by atoms with Gasteiger partial charge in [-0.3, -0.25) is 4.79 Å². The van der Waals surface area contributed by atoms with Crippen LogP contribution >= 0.6 is 0 Å². The van der Waals surface area contributed by atoms with Crippen molar-refractivity contribution in [3.05, 3.63) is 66.1 Å². The Kier molecular flexibility index (Phi) is 6.26. The Morgan fingerprint density at radius 3 is 2.77 bits per heavy atom. The summed E-state index contributed by atoms with van der Waals surface area (Å²) in [5.41, 5.74) is 1.04. The average Bonchev–Trinajstić information content (AvgIpc) is 3.33. The third-order valence-electron chi connectivity index (χ3n) is 5.20. The molecule has 3 aromatic rings. The topological polar surface area (TPSA) is 94.8 Å². The van der Waals surface area contributed by atoms with E-state index in [2.05, 4.69) is 10.1 Å². The van der Waals surface area contributed by atoms with Crippen molar-refractivity contribution >= 4 is 11.9 Å². The summed E-state index contributed by atoms with van der Waals surface area (Å²) in [6.07, 6.45) is 2.61. The summed E-state index contributed by atoms with van der Waals surface area (Å²) in [4.78, 5) is 30.9. The first kappa shape index (κ1) is 20.6. The number of hydrogen-bond donors (Lipinski definition) is 0. The molecule has 0 N–H and O–H groups in total. The number of rotatable bonds is 6. The molecule has 1 aliphatic rings. The monoisotopic (exact) mass is 421 g/mol. The summed E-state index contributed by atoms with van der Waals surface area (Å²) in [5.74, 6) is 0.828. The lowest BCUT2D eigenvalue weighted by atomic mass is 10.0. The smallest absolute Gasteiger partial charge is 0.337 e. The molecule has 1 fully saturated rings. The number of amides is 1. The molecule has 0 saturated carbocycles. The summed E-state index contributed by atoms with van der Waals surface area (Å²) < 4.78 is 15.9. The minimum absolute atomic E-state index is 0.0529. The second-order valence-electron chi connectivity index (χ2n) is 7.23. The van der Waals surface area contributed by atoms with Gasteiger partial charge in [-0.05, 0) is 43.5 Å². The first-order valence-corrected chi connectivity index (χ1v) is 10.2. The normalized spacial score (nSPS) is 16.0. The van der Waals surface area contributed by atoms with E-state index >= 15 is 0 Å². The number of hydrogen-bond acceptors (Lipinski definition) is 7. The van der Waals surface area contributed by atoms with Crippen LogP contribution in [0.3, 0.4) is 0 Å². The second kappa shape index (κ2) is 9.42. The minimum Gasteiger partial charge on any atom is -0.484 e. The third kappa shape index (κ3) is 4.74. The van der Waals surface area contributed by atoms with Gasteiger partial charge < -0.3 is 18.9 Å². The van der Waals surface area contributed by atoms with Gasteiger partial charge in [0.15, 0.2) is 6.61 Å². The quantitative estimate of drug-likeness (QED) is 0.561. The molecule has 160 valence electrons. The molecule has 1 saturated heterocycles. The van der Waals surface area contributed by atoms with E-state index in [0.717, 1.165) is 19.3 Å². The number of piperidine rings is 1. The van der Waals surface area contributed by atoms with Crippen LogP contribution in [0.5, 0.6) is 5.75 Å². The number of methoxy groups -OCH3 is 1. The van der Waals surface area contributed by atoms with Crippen LogP contribution in [0.4, 0.5) is 0 Å². The molecule has 8 heteroatoms. The lowest BCUT2D eigenvalue weighted by Gasteiger charge is -2.33. The first-order chi connectivity index (χ1) is 15.2. The lowest BCUT2D eigenvalue weighted by molar-refractivity contribution is -0.138. The van der Waals surface area contributed by atoms with Crippen molar-refractivity contribution in [3.63, 3.8) is 0 Å². The van der Waals surface area contributed by atoms with Gasteiger partial charge in [0.05, 0.1) is 12.7 Å². The van der Waals surface area contributed by atoms with E-state index in [1.807, 2.05) is 30.3 Å². The van der Waals surface area contributed by atoms with Crippen LogP contribution in [0.15, 0.2) is 59.1 Å². The van der Waals surface area contributed by atoms with E-state index in [1.54, 1.807) is 29.2 Å². The maximum absolute atomic E-state index is 12.8. The molecule has 1 aromatic heterocycles. The fraction of sp³-hybridized carbons (Fsp3) is 0.304. The number of aromatic nitrogens is 2. The molecule has 0 bridgehead atoms. The molecular weight excluding hydrogens is 398 g/mol. The van der Waals surface area contributed by atoms with Crippen molar-refractivity contribution in [2.45, 2.75) is 25.3 Å². The maximum Gasteiger partial charge on any atom is 0.337 e. The van der Waals surface area contributed by atoms with E-state index in [1.165, 1.54) is 7.11 Å². The molecule has 4 rings (SSSR count). The highest BCUT2D eigenvalue weighted by atomic mass is 16.5. The Bertz CT molecular complexity index is 1050. The molecule has 1 aliphatic heterocycles. The van der Waals surface area contributed by atoms with Crippen molar-refractivity contribution < 1.29 is 23.6 Å². The average molecular weight is 421 g/mol. The van der Waals surface area contributed by atoms with Crippen LogP contribution < -0.4 is 4.74 Å². The van der Waals surface area contributed by atoms with E-state index in [9.17, 15) is 9.59 Å². The number of nitrogens with zero attached hydrogens (tertiary/aromatic N) is 3. The molecule has 1 atom stereocenters. The zero-order valence-corrected chi connectivity index (χ0v) is 17.2. The molecule has 1 amide bonds. The van der Waals surface area contributed by atoms with Crippen molar-refractivity contribution in [3.8, 4) is 17.1 Å². The van der Waals surface area contributed by atoms with E-state index in [-0.39, 0.29) is 18.6 Å². The summed E-state index contributed by atoms with van der Waals surface area (Å²) >= 11 is 0. The number of para-hydroxylation sites is 1. The molecule has 2 aromatic carbocycles. The highest BCUT2D eigenvalue weighted by Gasteiger charge is 2.32. The van der Waals surface area contributed by atoms with Gasteiger partial charge in [0.1, 0.15) is 11.8 Å². The second-order valence-corrected chi connectivity index (χ2v) is 7.23. The molecule has 0 unspecified atom stereocenters. The summed E-state index contributed by atoms with van der Waals surface area (Å²) in [7, 11) is 1.33. The SMILES string of the molecule is COC(=O)c1cccc(-c2noc([C@@H]3CCCCN3C(=O)COc3ccccc3)n2)c1. The fourth-order valence-electron chi connectivity index (χ4n) is 3.62. The number of carbonyl (C=O) groups excluding carboxylic acids is 2. The van der Waals surface area contributed by atoms with Crippen molar-refractivity contribution in [1.82, 2.24) is 15.0 Å². The van der Waals surface area contributed by atoms with Gasteiger partial charge in [-0.1, -0.05) is 35.5 Å².